The predicted molar refractivity (Wildman–Crippen MR) is 73.1 cm³/mol. The molecule has 0 aliphatic rings. The summed E-state index contributed by atoms with van der Waals surface area (Å²) < 4.78 is 13.4. The van der Waals surface area contributed by atoms with Gasteiger partial charge in [-0.25, -0.2) is 4.39 Å². The van der Waals surface area contributed by atoms with Crippen LogP contribution >= 0.6 is 15.9 Å². The zero-order valence-corrected chi connectivity index (χ0v) is 12.2. The highest BCUT2D eigenvalue weighted by atomic mass is 79.9. The van der Waals surface area contributed by atoms with Crippen molar-refractivity contribution in [3.05, 3.63) is 34.1 Å². The highest BCUT2D eigenvalue weighted by molar-refractivity contribution is 9.10. The lowest BCUT2D eigenvalue weighted by molar-refractivity contribution is -0.125. The Labute approximate surface area is 119 Å². The number of amides is 1. The molecule has 1 atom stereocenters. The van der Waals surface area contributed by atoms with Crippen LogP contribution in [-0.4, -0.2) is 35.4 Å². The normalized spacial score (nSPS) is 12.5. The fraction of sp³-hybridized carbons (Fsp3) is 0.462. The molecule has 1 aromatic carbocycles. The second-order valence-electron chi connectivity index (χ2n) is 4.42. The summed E-state index contributed by atoms with van der Waals surface area (Å²) in [7, 11) is 0. The Morgan fingerprint density at radius 3 is 2.58 bits per heavy atom. The van der Waals surface area contributed by atoms with Gasteiger partial charge in [0.25, 0.3) is 0 Å². The molecule has 1 amide bonds. The van der Waals surface area contributed by atoms with Gasteiger partial charge in [0.15, 0.2) is 0 Å². The molecule has 6 heteroatoms. The highest BCUT2D eigenvalue weighted by Gasteiger charge is 2.17. The molecule has 0 aliphatic carbocycles. The molecule has 0 saturated carbocycles. The number of benzene rings is 1. The van der Waals surface area contributed by atoms with Crippen molar-refractivity contribution in [3.8, 4) is 0 Å². The zero-order valence-electron chi connectivity index (χ0n) is 10.6. The summed E-state index contributed by atoms with van der Waals surface area (Å²) in [5.41, 5.74) is 0.834. The van der Waals surface area contributed by atoms with Gasteiger partial charge in [0.2, 0.25) is 5.91 Å². The molecule has 19 heavy (non-hydrogen) atoms. The number of rotatable bonds is 6. The van der Waals surface area contributed by atoms with Crippen LogP contribution in [0.4, 0.5) is 4.39 Å². The van der Waals surface area contributed by atoms with E-state index in [1.54, 1.807) is 19.1 Å². The largest absolute Gasteiger partial charge is 0.394 e. The van der Waals surface area contributed by atoms with Crippen molar-refractivity contribution < 1.29 is 19.4 Å². The zero-order chi connectivity index (χ0) is 14.4. The lowest BCUT2D eigenvalue weighted by atomic mass is 10.00. The van der Waals surface area contributed by atoms with Crippen molar-refractivity contribution in [1.82, 2.24) is 5.32 Å². The Morgan fingerprint density at radius 2 is 2.05 bits per heavy atom. The lowest BCUT2D eigenvalue weighted by Crippen LogP contribution is -2.43. The smallest absolute Gasteiger partial charge is 0.223 e. The second-order valence-corrected chi connectivity index (χ2v) is 5.28. The number of carbonyl (C=O) groups excluding carboxylic acids is 1. The molecular weight excluding hydrogens is 317 g/mol. The number of halogens is 2. The first kappa shape index (κ1) is 16.1. The summed E-state index contributed by atoms with van der Waals surface area (Å²) in [6.07, 6.45) is 0.453. The Bertz CT molecular complexity index is 438. The molecule has 4 nitrogen and oxygen atoms in total. The number of aliphatic hydroxyl groups is 2. The van der Waals surface area contributed by atoms with Gasteiger partial charge in [0.05, 0.1) is 23.7 Å². The van der Waals surface area contributed by atoms with Crippen LogP contribution in [0.15, 0.2) is 22.7 Å². The molecule has 0 heterocycles. The van der Waals surface area contributed by atoms with Crippen LogP contribution in [0.3, 0.4) is 0 Å². The van der Waals surface area contributed by atoms with Crippen molar-refractivity contribution in [3.63, 3.8) is 0 Å². The minimum atomic E-state index is -0.644. The Morgan fingerprint density at radius 1 is 1.42 bits per heavy atom. The lowest BCUT2D eigenvalue weighted by Gasteiger charge is -2.17. The van der Waals surface area contributed by atoms with Gasteiger partial charge in [0, 0.05) is 5.92 Å². The van der Waals surface area contributed by atoms with Gasteiger partial charge in [-0.1, -0.05) is 13.0 Å². The SMILES string of the molecule is CC(Cc1ccc(F)c(Br)c1)C(=O)NC(CO)CO. The van der Waals surface area contributed by atoms with Crippen molar-refractivity contribution in [2.45, 2.75) is 19.4 Å². The molecular formula is C13H17BrFNO3. The second kappa shape index (κ2) is 7.57. The molecule has 0 fully saturated rings. The molecule has 1 rings (SSSR count). The Kier molecular flexibility index (Phi) is 6.41. The van der Waals surface area contributed by atoms with Crippen LogP contribution < -0.4 is 5.32 Å². The summed E-state index contributed by atoms with van der Waals surface area (Å²) in [5.74, 6) is -0.937. The molecule has 106 valence electrons. The van der Waals surface area contributed by atoms with Gasteiger partial charge in [-0.3, -0.25) is 4.79 Å². The van der Waals surface area contributed by atoms with Gasteiger partial charge < -0.3 is 15.5 Å². The predicted octanol–water partition coefficient (Wildman–Crippen LogP) is 1.24. The minimum Gasteiger partial charge on any atom is -0.394 e. The molecule has 1 unspecified atom stereocenters. The first-order valence-electron chi connectivity index (χ1n) is 5.94. The van der Waals surface area contributed by atoms with E-state index in [1.165, 1.54) is 6.07 Å². The monoisotopic (exact) mass is 333 g/mol. The summed E-state index contributed by atoms with van der Waals surface area (Å²) >= 11 is 3.09. The van der Waals surface area contributed by atoms with E-state index in [1.807, 2.05) is 0 Å². The van der Waals surface area contributed by atoms with E-state index in [9.17, 15) is 9.18 Å². The van der Waals surface area contributed by atoms with Crippen LogP contribution in [-0.2, 0) is 11.2 Å². The van der Waals surface area contributed by atoms with Crippen molar-refractivity contribution in [1.29, 1.82) is 0 Å². The van der Waals surface area contributed by atoms with E-state index in [4.69, 9.17) is 10.2 Å². The number of nitrogens with one attached hydrogen (secondary N) is 1. The summed E-state index contributed by atoms with van der Waals surface area (Å²) in [5, 5.41) is 20.3. The maximum atomic E-state index is 13.1. The van der Waals surface area contributed by atoms with Crippen LogP contribution in [0.1, 0.15) is 12.5 Å². The van der Waals surface area contributed by atoms with Gasteiger partial charge in [-0.2, -0.15) is 0 Å². The van der Waals surface area contributed by atoms with E-state index in [-0.39, 0.29) is 30.9 Å². The van der Waals surface area contributed by atoms with Crippen molar-refractivity contribution in [2.24, 2.45) is 5.92 Å². The van der Waals surface area contributed by atoms with Crippen molar-refractivity contribution in [2.75, 3.05) is 13.2 Å². The van der Waals surface area contributed by atoms with Gasteiger partial charge >= 0.3 is 0 Å². The molecule has 1 aromatic rings. The first-order valence-corrected chi connectivity index (χ1v) is 6.73. The first-order chi connectivity index (χ1) is 8.97. The van der Waals surface area contributed by atoms with Crippen LogP contribution in [0, 0.1) is 11.7 Å². The van der Waals surface area contributed by atoms with E-state index < -0.39 is 6.04 Å². The third kappa shape index (κ3) is 4.89. The van der Waals surface area contributed by atoms with Crippen LogP contribution in [0.2, 0.25) is 0 Å². The molecule has 0 aliphatic heterocycles. The molecule has 0 saturated heterocycles. The highest BCUT2D eigenvalue weighted by Crippen LogP contribution is 2.19. The fourth-order valence-corrected chi connectivity index (χ4v) is 2.03. The van der Waals surface area contributed by atoms with E-state index >= 15 is 0 Å². The maximum Gasteiger partial charge on any atom is 0.223 e. The molecule has 0 aromatic heterocycles. The van der Waals surface area contributed by atoms with E-state index in [2.05, 4.69) is 21.2 Å². The molecule has 0 bridgehead atoms. The summed E-state index contributed by atoms with van der Waals surface area (Å²) in [6.45, 7) is 1.12. The maximum absolute atomic E-state index is 13.1. The number of hydrogen-bond donors (Lipinski definition) is 3. The third-order valence-corrected chi connectivity index (χ3v) is 3.37. The Balaban J connectivity index is 2.60. The molecule has 0 spiro atoms. The number of hydrogen-bond acceptors (Lipinski definition) is 3. The average Bonchev–Trinajstić information content (AvgIpc) is 2.39. The standard InChI is InChI=1S/C13H17BrFNO3/c1-8(13(19)16-10(6-17)7-18)4-9-2-3-12(15)11(14)5-9/h2-3,5,8,10,17-18H,4,6-7H2,1H3,(H,16,19). The van der Waals surface area contributed by atoms with E-state index in [0.717, 1.165) is 5.56 Å². The third-order valence-electron chi connectivity index (χ3n) is 2.76. The number of carbonyl (C=O) groups is 1. The summed E-state index contributed by atoms with van der Waals surface area (Å²) in [6, 6.07) is 3.96. The molecule has 3 N–H and O–H groups in total. The van der Waals surface area contributed by atoms with E-state index in [0.29, 0.717) is 10.9 Å². The quantitative estimate of drug-likeness (QED) is 0.733. The topological polar surface area (TPSA) is 69.6 Å². The van der Waals surface area contributed by atoms with Gasteiger partial charge in [-0.05, 0) is 40.0 Å². The van der Waals surface area contributed by atoms with Gasteiger partial charge in [0.1, 0.15) is 5.82 Å². The van der Waals surface area contributed by atoms with Crippen molar-refractivity contribution >= 4 is 21.8 Å². The minimum absolute atomic E-state index is 0.256. The Hall–Kier alpha value is -0.980. The number of aliphatic hydroxyl groups excluding tert-OH is 2. The fourth-order valence-electron chi connectivity index (χ4n) is 1.61. The molecule has 0 radical (unpaired) electrons. The average molecular weight is 334 g/mol. The van der Waals surface area contributed by atoms with Crippen LogP contribution in [0.25, 0.3) is 0 Å². The van der Waals surface area contributed by atoms with Crippen LogP contribution in [0.5, 0.6) is 0 Å². The summed E-state index contributed by atoms with van der Waals surface area (Å²) in [4.78, 5) is 11.8. The van der Waals surface area contributed by atoms with Gasteiger partial charge in [-0.15, -0.1) is 0 Å².